The summed E-state index contributed by atoms with van der Waals surface area (Å²) in [6, 6.07) is 8.99. The third kappa shape index (κ3) is 5.26. The van der Waals surface area contributed by atoms with Crippen molar-refractivity contribution in [3.8, 4) is 0 Å². The van der Waals surface area contributed by atoms with Gasteiger partial charge in [-0.1, -0.05) is 30.3 Å². The van der Waals surface area contributed by atoms with Gasteiger partial charge in [-0.15, -0.1) is 0 Å². The molecule has 0 unspecified atom stereocenters. The quantitative estimate of drug-likeness (QED) is 0.508. The number of ether oxygens (including phenoxy) is 5. The number of carbonyl (C=O) groups is 2. The Hall–Kier alpha value is -2.16. The fourth-order valence-corrected chi connectivity index (χ4v) is 3.80. The zero-order valence-corrected chi connectivity index (χ0v) is 17.2. The highest BCUT2D eigenvalue weighted by molar-refractivity contribution is 5.71. The van der Waals surface area contributed by atoms with Crippen LogP contribution in [0.25, 0.3) is 0 Å². The summed E-state index contributed by atoms with van der Waals surface area (Å²) in [4.78, 5) is 26.4. The van der Waals surface area contributed by atoms with Crippen LogP contribution in [-0.2, 0) is 35.1 Å². The lowest BCUT2D eigenvalue weighted by molar-refractivity contribution is -0.179. The lowest BCUT2D eigenvalue weighted by atomic mass is 9.97. The van der Waals surface area contributed by atoms with Gasteiger partial charge in [0.1, 0.15) is 31.3 Å². The van der Waals surface area contributed by atoms with E-state index in [2.05, 4.69) is 0 Å². The summed E-state index contributed by atoms with van der Waals surface area (Å²) in [5.41, 5.74) is 0.00919. The largest absolute Gasteiger partial charge is 0.460 e. The molecular weight excluding hydrogens is 378 g/mol. The number of carbonyl (C=O) groups excluding carboxylic acids is 2. The molecule has 2 saturated heterocycles. The second kappa shape index (κ2) is 9.56. The molecule has 0 N–H and O–H groups in total. The first-order valence-electron chi connectivity index (χ1n) is 9.86. The van der Waals surface area contributed by atoms with Crippen molar-refractivity contribution in [1.29, 1.82) is 0 Å². The summed E-state index contributed by atoms with van der Waals surface area (Å²) in [6.07, 6.45) is 0.205. The van der Waals surface area contributed by atoms with Gasteiger partial charge < -0.3 is 23.7 Å². The van der Waals surface area contributed by atoms with Crippen LogP contribution in [-0.4, -0.2) is 61.4 Å². The molecule has 2 fully saturated rings. The van der Waals surface area contributed by atoms with E-state index >= 15 is 0 Å². The second-order valence-electron chi connectivity index (χ2n) is 7.69. The molecule has 1 amide bonds. The Labute approximate surface area is 171 Å². The number of methoxy groups -OCH3 is 1. The van der Waals surface area contributed by atoms with E-state index in [1.165, 1.54) is 7.11 Å². The standard InChI is InChI=1S/C21H29NO7/c1-21(2)22(20(24)26-12-15-8-5-4-6-9-15)16(13-28-21)19(27-14-25-3)17-10-7-11-18(23)29-17/h4-6,8-9,16-17,19H,7,10-14H2,1-3H3/t16-,17-,19-/m0/s1. The molecule has 0 radical (unpaired) electrons. The fraction of sp³-hybridized carbons (Fsp3) is 0.619. The molecule has 2 heterocycles. The lowest BCUT2D eigenvalue weighted by Crippen LogP contribution is -2.56. The van der Waals surface area contributed by atoms with Crippen molar-refractivity contribution in [3.05, 3.63) is 35.9 Å². The van der Waals surface area contributed by atoms with E-state index in [0.29, 0.717) is 19.3 Å². The summed E-state index contributed by atoms with van der Waals surface area (Å²) >= 11 is 0. The number of rotatable bonds is 7. The predicted octanol–water partition coefficient (Wildman–Crippen LogP) is 2.84. The molecule has 8 heteroatoms. The number of hydrogen-bond acceptors (Lipinski definition) is 7. The normalized spacial score (nSPS) is 24.8. The van der Waals surface area contributed by atoms with Gasteiger partial charge in [-0.05, 0) is 32.3 Å². The number of nitrogens with zero attached hydrogens (tertiary/aromatic N) is 1. The molecule has 160 valence electrons. The van der Waals surface area contributed by atoms with Crippen molar-refractivity contribution in [3.63, 3.8) is 0 Å². The Balaban J connectivity index is 1.76. The molecule has 3 rings (SSSR count). The molecule has 2 aliphatic rings. The molecular formula is C21H29NO7. The lowest BCUT2D eigenvalue weighted by Gasteiger charge is -2.39. The van der Waals surface area contributed by atoms with Gasteiger partial charge in [0.05, 0.1) is 12.6 Å². The van der Waals surface area contributed by atoms with Crippen LogP contribution >= 0.6 is 0 Å². The minimum Gasteiger partial charge on any atom is -0.460 e. The van der Waals surface area contributed by atoms with Crippen LogP contribution in [0.5, 0.6) is 0 Å². The van der Waals surface area contributed by atoms with Gasteiger partial charge in [-0.25, -0.2) is 4.79 Å². The molecule has 8 nitrogen and oxygen atoms in total. The van der Waals surface area contributed by atoms with E-state index in [1.807, 2.05) is 30.3 Å². The molecule has 3 atom stereocenters. The van der Waals surface area contributed by atoms with Gasteiger partial charge in [-0.2, -0.15) is 0 Å². The SMILES string of the molecule is COCO[C@H]([C@@H]1CCCC(=O)O1)[C@@H]1COC(C)(C)N1C(=O)OCc1ccccc1. The van der Waals surface area contributed by atoms with Gasteiger partial charge in [0.15, 0.2) is 0 Å². The molecule has 1 aromatic rings. The Morgan fingerprint density at radius 2 is 2.07 bits per heavy atom. The molecule has 0 bridgehead atoms. The van der Waals surface area contributed by atoms with Crippen LogP contribution in [0.1, 0.15) is 38.7 Å². The number of esters is 1. The van der Waals surface area contributed by atoms with Crippen molar-refractivity contribution >= 4 is 12.1 Å². The topological polar surface area (TPSA) is 83.5 Å². The monoisotopic (exact) mass is 407 g/mol. The highest BCUT2D eigenvalue weighted by atomic mass is 16.7. The summed E-state index contributed by atoms with van der Waals surface area (Å²) in [5, 5.41) is 0. The minimum atomic E-state index is -0.883. The first-order chi connectivity index (χ1) is 13.9. The van der Waals surface area contributed by atoms with Crippen LogP contribution in [0, 0.1) is 0 Å². The Morgan fingerprint density at radius 1 is 1.31 bits per heavy atom. The van der Waals surface area contributed by atoms with Gasteiger partial charge >= 0.3 is 12.1 Å². The number of cyclic esters (lactones) is 1. The zero-order chi connectivity index (χ0) is 20.9. The Bertz CT molecular complexity index is 694. The molecule has 1 aromatic carbocycles. The first-order valence-corrected chi connectivity index (χ1v) is 9.86. The molecule has 0 aromatic heterocycles. The summed E-state index contributed by atoms with van der Waals surface area (Å²) in [6.45, 7) is 4.02. The van der Waals surface area contributed by atoms with E-state index in [4.69, 9.17) is 23.7 Å². The van der Waals surface area contributed by atoms with Gasteiger partial charge in [0, 0.05) is 13.5 Å². The third-order valence-corrected chi connectivity index (χ3v) is 5.20. The van der Waals surface area contributed by atoms with Crippen molar-refractivity contribution in [2.75, 3.05) is 20.5 Å². The smallest absolute Gasteiger partial charge is 0.412 e. The van der Waals surface area contributed by atoms with Crippen molar-refractivity contribution < 1.29 is 33.3 Å². The van der Waals surface area contributed by atoms with Gasteiger partial charge in [0.25, 0.3) is 0 Å². The van der Waals surface area contributed by atoms with Crippen LogP contribution in [0.2, 0.25) is 0 Å². The fourth-order valence-electron chi connectivity index (χ4n) is 3.80. The maximum Gasteiger partial charge on any atom is 0.412 e. The molecule has 29 heavy (non-hydrogen) atoms. The molecule has 2 aliphatic heterocycles. The van der Waals surface area contributed by atoms with Crippen LogP contribution in [0.4, 0.5) is 4.79 Å². The number of hydrogen-bond donors (Lipinski definition) is 0. The zero-order valence-electron chi connectivity index (χ0n) is 17.2. The maximum absolute atomic E-state index is 13.0. The first kappa shape index (κ1) is 21.5. The van der Waals surface area contributed by atoms with Crippen molar-refractivity contribution in [2.24, 2.45) is 0 Å². The summed E-state index contributed by atoms with van der Waals surface area (Å²) in [7, 11) is 1.52. The predicted molar refractivity (Wildman–Crippen MR) is 103 cm³/mol. The molecule has 0 spiro atoms. The Kier molecular flexibility index (Phi) is 7.10. The van der Waals surface area contributed by atoms with E-state index in [1.54, 1.807) is 18.7 Å². The van der Waals surface area contributed by atoms with Crippen LogP contribution in [0.3, 0.4) is 0 Å². The Morgan fingerprint density at radius 3 is 2.76 bits per heavy atom. The highest BCUT2D eigenvalue weighted by Crippen LogP contribution is 2.34. The summed E-state index contributed by atoms with van der Waals surface area (Å²) in [5.74, 6) is -0.261. The second-order valence-corrected chi connectivity index (χ2v) is 7.69. The maximum atomic E-state index is 13.0. The minimum absolute atomic E-state index is 0.0164. The number of benzene rings is 1. The average Bonchev–Trinajstić information content (AvgIpc) is 3.02. The third-order valence-electron chi connectivity index (χ3n) is 5.20. The van der Waals surface area contributed by atoms with E-state index in [-0.39, 0.29) is 26.0 Å². The highest BCUT2D eigenvalue weighted by Gasteiger charge is 2.51. The van der Waals surface area contributed by atoms with Gasteiger partial charge in [0.2, 0.25) is 0 Å². The average molecular weight is 407 g/mol. The number of amides is 1. The van der Waals surface area contributed by atoms with E-state index < -0.39 is 30.1 Å². The van der Waals surface area contributed by atoms with E-state index in [0.717, 1.165) is 5.56 Å². The summed E-state index contributed by atoms with van der Waals surface area (Å²) < 4.78 is 27.9. The van der Waals surface area contributed by atoms with Crippen molar-refractivity contribution in [1.82, 2.24) is 4.90 Å². The molecule has 0 saturated carbocycles. The van der Waals surface area contributed by atoms with Gasteiger partial charge in [-0.3, -0.25) is 9.69 Å². The molecule has 0 aliphatic carbocycles. The van der Waals surface area contributed by atoms with Crippen LogP contribution in [0.15, 0.2) is 30.3 Å². The van der Waals surface area contributed by atoms with Crippen LogP contribution < -0.4 is 0 Å². The van der Waals surface area contributed by atoms with Crippen molar-refractivity contribution in [2.45, 2.75) is 63.7 Å². The van der Waals surface area contributed by atoms with E-state index in [9.17, 15) is 9.59 Å².